The Morgan fingerprint density at radius 1 is 1.23 bits per heavy atom. The molecule has 6 nitrogen and oxygen atoms in total. The van der Waals surface area contributed by atoms with Crippen LogP contribution in [0.2, 0.25) is 0 Å². The molecule has 6 heteroatoms. The summed E-state index contributed by atoms with van der Waals surface area (Å²) in [6.45, 7) is 1.07. The first-order valence-corrected chi connectivity index (χ1v) is 10.9. The zero-order chi connectivity index (χ0) is 20.7. The third kappa shape index (κ3) is 3.39. The van der Waals surface area contributed by atoms with Crippen LogP contribution in [-0.4, -0.2) is 29.7 Å². The van der Waals surface area contributed by atoms with Crippen LogP contribution in [0.1, 0.15) is 56.7 Å². The van der Waals surface area contributed by atoms with Gasteiger partial charge in [-0.2, -0.15) is 0 Å². The van der Waals surface area contributed by atoms with Gasteiger partial charge in [-0.1, -0.05) is 12.0 Å². The van der Waals surface area contributed by atoms with Crippen molar-refractivity contribution >= 4 is 22.5 Å². The molecule has 2 aromatic rings. The van der Waals surface area contributed by atoms with E-state index in [4.69, 9.17) is 4.74 Å². The van der Waals surface area contributed by atoms with E-state index in [9.17, 15) is 9.90 Å². The number of aromatic amines is 1. The lowest BCUT2D eigenvalue weighted by atomic mass is 9.87. The zero-order valence-corrected chi connectivity index (χ0v) is 17.4. The number of benzene rings is 1. The third-order valence-electron chi connectivity index (χ3n) is 6.85. The second-order valence-electron chi connectivity index (χ2n) is 8.75. The van der Waals surface area contributed by atoms with Gasteiger partial charge in [0, 0.05) is 34.7 Å². The van der Waals surface area contributed by atoms with Crippen LogP contribution in [0.15, 0.2) is 47.4 Å². The van der Waals surface area contributed by atoms with Crippen molar-refractivity contribution in [2.75, 3.05) is 19.0 Å². The Morgan fingerprint density at radius 2 is 2.10 bits per heavy atom. The van der Waals surface area contributed by atoms with Crippen molar-refractivity contribution in [3.05, 3.63) is 53.1 Å². The molecule has 158 valence electrons. The Kier molecular flexibility index (Phi) is 4.82. The molecule has 0 radical (unpaired) electrons. The molecule has 1 saturated carbocycles. The molecule has 1 aromatic heterocycles. The van der Waals surface area contributed by atoms with E-state index >= 15 is 0 Å². The van der Waals surface area contributed by atoms with Crippen molar-refractivity contribution in [3.8, 4) is 0 Å². The summed E-state index contributed by atoms with van der Waals surface area (Å²) in [5, 5.41) is 18.0. The van der Waals surface area contributed by atoms with Gasteiger partial charge < -0.3 is 25.5 Å². The minimum Gasteiger partial charge on any atom is -0.504 e. The molecular formula is C24H29N3O3. The van der Waals surface area contributed by atoms with Crippen molar-refractivity contribution in [1.29, 1.82) is 0 Å². The van der Waals surface area contributed by atoms with E-state index in [0.717, 1.165) is 54.4 Å². The Bertz CT molecular complexity index is 1040. The number of H-pyrrole nitrogens is 1. The number of amides is 1. The smallest absolute Gasteiger partial charge is 0.234 e. The van der Waals surface area contributed by atoms with Crippen molar-refractivity contribution < 1.29 is 14.6 Å². The molecule has 1 aromatic carbocycles. The highest BCUT2D eigenvalue weighted by Crippen LogP contribution is 2.55. The number of aliphatic hydroxyl groups excluding tert-OH is 1. The van der Waals surface area contributed by atoms with Gasteiger partial charge in [0.2, 0.25) is 5.91 Å². The molecule has 0 bridgehead atoms. The first-order chi connectivity index (χ1) is 14.6. The second kappa shape index (κ2) is 7.51. The summed E-state index contributed by atoms with van der Waals surface area (Å²) in [6, 6.07) is 8.62. The Balaban J connectivity index is 1.34. The topological polar surface area (TPSA) is 86.4 Å². The van der Waals surface area contributed by atoms with Gasteiger partial charge in [-0.15, -0.1) is 0 Å². The van der Waals surface area contributed by atoms with Crippen molar-refractivity contribution in [3.63, 3.8) is 0 Å². The highest BCUT2D eigenvalue weighted by Gasteiger charge is 2.53. The lowest BCUT2D eigenvalue weighted by Gasteiger charge is -2.23. The Morgan fingerprint density at radius 3 is 2.80 bits per heavy atom. The molecule has 4 N–H and O–H groups in total. The molecule has 5 rings (SSSR count). The second-order valence-corrected chi connectivity index (χ2v) is 8.75. The molecule has 2 aliphatic carbocycles. The minimum absolute atomic E-state index is 0.0199. The normalized spacial score (nSPS) is 23.2. The fraction of sp³-hybridized carbons (Fsp3) is 0.458. The van der Waals surface area contributed by atoms with Gasteiger partial charge in [-0.25, -0.2) is 0 Å². The van der Waals surface area contributed by atoms with Gasteiger partial charge in [0.15, 0.2) is 5.76 Å². The summed E-state index contributed by atoms with van der Waals surface area (Å²) in [6.07, 6.45) is 8.40. The molecule has 2 heterocycles. The number of methoxy groups -OCH3 is 1. The van der Waals surface area contributed by atoms with Crippen molar-refractivity contribution in [1.82, 2.24) is 10.3 Å². The fourth-order valence-corrected chi connectivity index (χ4v) is 4.89. The Hall–Kier alpha value is -2.73. The zero-order valence-electron chi connectivity index (χ0n) is 17.4. The quantitative estimate of drug-likeness (QED) is 0.571. The van der Waals surface area contributed by atoms with Gasteiger partial charge >= 0.3 is 0 Å². The van der Waals surface area contributed by atoms with Crippen LogP contribution < -0.4 is 10.6 Å². The van der Waals surface area contributed by atoms with Crippen molar-refractivity contribution in [2.45, 2.75) is 51.0 Å². The number of nitrogens with one attached hydrogen (secondary N) is 3. The lowest BCUT2D eigenvalue weighted by molar-refractivity contribution is -0.120. The van der Waals surface area contributed by atoms with Crippen LogP contribution in [-0.2, 0) is 9.53 Å². The summed E-state index contributed by atoms with van der Waals surface area (Å²) in [4.78, 5) is 16.7. The number of aromatic nitrogens is 1. The lowest BCUT2D eigenvalue weighted by Crippen LogP contribution is -2.27. The molecule has 2 fully saturated rings. The standard InChI is InChI=1S/C24H29N3O3/c1-30-22-8-5-16(14-21(22)28)24(9-10-24)23(29)26-17-6-7-18-15(12-17)13-20(27-18)19-4-2-3-11-25-19/h6-7,12-14,19,25,27-28H,2-5,8-11H2,1H3,(H,26,29). The number of fused-ring (bicyclic) bond motifs is 1. The number of hydrogen-bond donors (Lipinski definition) is 4. The molecule has 1 unspecified atom stereocenters. The predicted octanol–water partition coefficient (Wildman–Crippen LogP) is 4.84. The number of carbonyl (C=O) groups excluding carboxylic acids is 1. The van der Waals surface area contributed by atoms with E-state index in [-0.39, 0.29) is 11.7 Å². The van der Waals surface area contributed by atoms with Gasteiger partial charge in [0.25, 0.3) is 0 Å². The van der Waals surface area contributed by atoms with Gasteiger partial charge in [-0.05, 0) is 69.0 Å². The number of rotatable bonds is 5. The first-order valence-electron chi connectivity index (χ1n) is 10.9. The molecule has 0 spiro atoms. The maximum absolute atomic E-state index is 13.1. The van der Waals surface area contributed by atoms with Gasteiger partial charge in [0.1, 0.15) is 5.76 Å². The van der Waals surface area contributed by atoms with Crippen molar-refractivity contribution in [2.24, 2.45) is 5.41 Å². The molecule has 3 aliphatic rings. The number of carbonyl (C=O) groups is 1. The maximum Gasteiger partial charge on any atom is 0.234 e. The largest absolute Gasteiger partial charge is 0.504 e. The number of aliphatic hydroxyl groups is 1. The molecule has 1 atom stereocenters. The molecular weight excluding hydrogens is 378 g/mol. The monoisotopic (exact) mass is 407 g/mol. The molecule has 1 saturated heterocycles. The number of piperidine rings is 1. The predicted molar refractivity (Wildman–Crippen MR) is 117 cm³/mol. The van der Waals surface area contributed by atoms with Gasteiger partial charge in [-0.3, -0.25) is 4.79 Å². The van der Waals surface area contributed by atoms with Crippen LogP contribution in [0, 0.1) is 5.41 Å². The highest BCUT2D eigenvalue weighted by molar-refractivity contribution is 6.01. The van der Waals surface area contributed by atoms with E-state index < -0.39 is 5.41 Å². The minimum atomic E-state index is -0.489. The average molecular weight is 408 g/mol. The van der Waals surface area contributed by atoms with E-state index in [1.54, 1.807) is 13.2 Å². The Labute approximate surface area is 176 Å². The summed E-state index contributed by atoms with van der Waals surface area (Å²) in [5.74, 6) is 0.762. The fourth-order valence-electron chi connectivity index (χ4n) is 4.89. The van der Waals surface area contributed by atoms with E-state index in [1.165, 1.54) is 18.5 Å². The average Bonchev–Trinajstić information content (AvgIpc) is 3.48. The van der Waals surface area contributed by atoms with Crippen LogP contribution >= 0.6 is 0 Å². The van der Waals surface area contributed by atoms with E-state index in [0.29, 0.717) is 18.2 Å². The highest BCUT2D eigenvalue weighted by atomic mass is 16.5. The number of ether oxygens (including phenoxy) is 1. The molecule has 30 heavy (non-hydrogen) atoms. The number of hydrogen-bond acceptors (Lipinski definition) is 4. The number of allylic oxidation sites excluding steroid dienone is 2. The SMILES string of the molecule is COC1=C(O)C=C(C2(C(=O)Nc3ccc4[nH]c(C5CCCCN5)cc4c3)CC2)CC1. The summed E-state index contributed by atoms with van der Waals surface area (Å²) >= 11 is 0. The van der Waals surface area contributed by atoms with Crippen LogP contribution in [0.4, 0.5) is 5.69 Å². The first kappa shape index (κ1) is 19.2. The summed E-state index contributed by atoms with van der Waals surface area (Å²) in [5.41, 5.74) is 3.64. The number of anilines is 1. The molecule has 1 amide bonds. The summed E-state index contributed by atoms with van der Waals surface area (Å²) in [7, 11) is 1.57. The molecule has 1 aliphatic heterocycles. The van der Waals surface area contributed by atoms with E-state index in [1.807, 2.05) is 18.2 Å². The van der Waals surface area contributed by atoms with E-state index in [2.05, 4.69) is 21.7 Å². The summed E-state index contributed by atoms with van der Waals surface area (Å²) < 4.78 is 5.20. The van der Waals surface area contributed by atoms with Crippen LogP contribution in [0.5, 0.6) is 0 Å². The van der Waals surface area contributed by atoms with Gasteiger partial charge in [0.05, 0.1) is 12.5 Å². The maximum atomic E-state index is 13.1. The van der Waals surface area contributed by atoms with Crippen LogP contribution in [0.3, 0.4) is 0 Å². The van der Waals surface area contributed by atoms with Crippen LogP contribution in [0.25, 0.3) is 10.9 Å². The third-order valence-corrected chi connectivity index (χ3v) is 6.85.